The fraction of sp³-hybridized carbons (Fsp3) is 0.462. The monoisotopic (exact) mass is 445 g/mol. The molecule has 0 N–H and O–H groups in total. The van der Waals surface area contributed by atoms with Crippen molar-refractivity contribution in [2.75, 3.05) is 0 Å². The lowest BCUT2D eigenvalue weighted by atomic mass is 9.92. The van der Waals surface area contributed by atoms with Gasteiger partial charge in [-0.25, -0.2) is 0 Å². The summed E-state index contributed by atoms with van der Waals surface area (Å²) in [6.07, 6.45) is 7.95. The maximum atomic E-state index is 12.9. The second-order valence-electron chi connectivity index (χ2n) is 9.69. The van der Waals surface area contributed by atoms with Gasteiger partial charge in [0.1, 0.15) is 17.6 Å². The van der Waals surface area contributed by atoms with Crippen LogP contribution >= 0.6 is 0 Å². The fourth-order valence-corrected chi connectivity index (χ4v) is 5.95. The Bertz CT molecular complexity index is 1120. The summed E-state index contributed by atoms with van der Waals surface area (Å²) in [6.45, 7) is 2.26. The van der Waals surface area contributed by atoms with Crippen LogP contribution in [0.5, 0.6) is 5.75 Å². The van der Waals surface area contributed by atoms with Gasteiger partial charge in [0.2, 0.25) is 0 Å². The molecule has 1 aromatic carbocycles. The van der Waals surface area contributed by atoms with E-state index in [0.717, 1.165) is 43.7 Å². The van der Waals surface area contributed by atoms with E-state index >= 15 is 0 Å². The van der Waals surface area contributed by atoms with E-state index in [0.29, 0.717) is 31.0 Å². The minimum absolute atomic E-state index is 0.0282. The molecule has 2 aliphatic heterocycles. The number of amides is 1. The highest BCUT2D eigenvalue weighted by Gasteiger charge is 2.40. The van der Waals surface area contributed by atoms with Crippen LogP contribution in [0.4, 0.5) is 0 Å². The molecule has 0 bridgehead atoms. The van der Waals surface area contributed by atoms with E-state index in [1.807, 2.05) is 30.6 Å². The lowest BCUT2D eigenvalue weighted by Crippen LogP contribution is -2.44. The van der Waals surface area contributed by atoms with Crippen LogP contribution in [-0.4, -0.2) is 50.4 Å². The van der Waals surface area contributed by atoms with Crippen LogP contribution in [0, 0.1) is 0 Å². The lowest BCUT2D eigenvalue weighted by molar-refractivity contribution is -0.133. The number of carbonyl (C=O) groups excluding carboxylic acids is 3. The Morgan fingerprint density at radius 1 is 0.939 bits per heavy atom. The second kappa shape index (κ2) is 8.06. The number of rotatable bonds is 4. The van der Waals surface area contributed by atoms with Gasteiger partial charge in [0, 0.05) is 50.1 Å². The van der Waals surface area contributed by atoms with Gasteiger partial charge in [0.15, 0.2) is 5.78 Å². The average Bonchev–Trinajstić information content (AvgIpc) is 3.51. The standard InChI is InChI=1S/C26H27N3O4/c30-19-4-7-22(24(31)11-19)29-15-17-10-20(5-6-21(17)26(29)32)33-25-3-1-2-23(25)28-13-16-8-9-27-12-18(16)14-28/h5-6,8-10,12,22-23,25H,1-4,7,11,13-15H2/t22?,23-,25-/m1/s1. The van der Waals surface area contributed by atoms with E-state index in [-0.39, 0.29) is 30.0 Å². The molecule has 170 valence electrons. The molecule has 0 saturated heterocycles. The highest BCUT2D eigenvalue weighted by molar-refractivity contribution is 6.07. The SMILES string of the molecule is O=C1CCC(N2Cc3cc(O[C@@H]4CCC[C@H]4N4Cc5ccncc5C4)ccc3C2=O)C(=O)C1. The second-order valence-corrected chi connectivity index (χ2v) is 9.69. The van der Waals surface area contributed by atoms with Gasteiger partial charge >= 0.3 is 0 Å². The third-order valence-corrected chi connectivity index (χ3v) is 7.65. The first-order valence-corrected chi connectivity index (χ1v) is 11.9. The van der Waals surface area contributed by atoms with Gasteiger partial charge in [0.05, 0.1) is 12.5 Å². The molecule has 0 spiro atoms. The van der Waals surface area contributed by atoms with Crippen molar-refractivity contribution >= 4 is 17.5 Å². The van der Waals surface area contributed by atoms with Crippen molar-refractivity contribution in [2.24, 2.45) is 0 Å². The van der Waals surface area contributed by atoms with Gasteiger partial charge in [-0.1, -0.05) is 0 Å². The molecule has 4 aliphatic rings. The maximum Gasteiger partial charge on any atom is 0.255 e. The van der Waals surface area contributed by atoms with Crippen molar-refractivity contribution in [3.05, 3.63) is 58.9 Å². The first kappa shape index (κ1) is 20.5. The Balaban J connectivity index is 1.16. The van der Waals surface area contributed by atoms with Gasteiger partial charge in [-0.2, -0.15) is 0 Å². The van der Waals surface area contributed by atoms with E-state index in [4.69, 9.17) is 4.74 Å². The number of ketones is 2. The van der Waals surface area contributed by atoms with Crippen LogP contribution in [-0.2, 0) is 29.2 Å². The van der Waals surface area contributed by atoms with Crippen LogP contribution in [0.1, 0.15) is 65.6 Å². The maximum absolute atomic E-state index is 12.9. The fourth-order valence-electron chi connectivity index (χ4n) is 5.95. The molecule has 7 nitrogen and oxygen atoms in total. The molecule has 7 heteroatoms. The number of hydrogen-bond donors (Lipinski definition) is 0. The minimum Gasteiger partial charge on any atom is -0.489 e. The highest BCUT2D eigenvalue weighted by atomic mass is 16.5. The van der Waals surface area contributed by atoms with Crippen LogP contribution in [0.15, 0.2) is 36.7 Å². The molecule has 2 fully saturated rings. The molecule has 33 heavy (non-hydrogen) atoms. The summed E-state index contributed by atoms with van der Waals surface area (Å²) in [5.74, 6) is 0.495. The van der Waals surface area contributed by atoms with Gasteiger partial charge in [0.25, 0.3) is 5.91 Å². The molecule has 1 amide bonds. The molecular formula is C26H27N3O4. The topological polar surface area (TPSA) is 79.8 Å². The number of benzene rings is 1. The summed E-state index contributed by atoms with van der Waals surface area (Å²) in [7, 11) is 0. The van der Waals surface area contributed by atoms with Crippen molar-refractivity contribution in [1.82, 2.24) is 14.8 Å². The Labute approximate surface area is 192 Å². The van der Waals surface area contributed by atoms with Crippen LogP contribution < -0.4 is 4.74 Å². The summed E-state index contributed by atoms with van der Waals surface area (Å²) >= 11 is 0. The summed E-state index contributed by atoms with van der Waals surface area (Å²) in [5.41, 5.74) is 4.19. The minimum atomic E-state index is -0.488. The first-order valence-electron chi connectivity index (χ1n) is 11.9. The molecule has 6 rings (SSSR count). The molecular weight excluding hydrogens is 418 g/mol. The number of pyridine rings is 1. The Hall–Kier alpha value is -3.06. The summed E-state index contributed by atoms with van der Waals surface area (Å²) in [5, 5.41) is 0. The number of hydrogen-bond acceptors (Lipinski definition) is 6. The first-order chi connectivity index (χ1) is 16.1. The average molecular weight is 446 g/mol. The molecule has 1 unspecified atom stereocenters. The third-order valence-electron chi connectivity index (χ3n) is 7.65. The highest BCUT2D eigenvalue weighted by Crippen LogP contribution is 2.36. The van der Waals surface area contributed by atoms with E-state index in [1.165, 1.54) is 11.1 Å². The Morgan fingerprint density at radius 2 is 1.82 bits per heavy atom. The summed E-state index contributed by atoms with van der Waals surface area (Å²) < 4.78 is 6.48. The molecule has 3 atom stereocenters. The van der Waals surface area contributed by atoms with Crippen molar-refractivity contribution in [3.8, 4) is 5.75 Å². The number of aromatic nitrogens is 1. The number of fused-ring (bicyclic) bond motifs is 2. The van der Waals surface area contributed by atoms with Gasteiger partial charge < -0.3 is 9.64 Å². The predicted octanol–water partition coefficient (Wildman–Crippen LogP) is 3.04. The molecule has 0 radical (unpaired) electrons. The van der Waals surface area contributed by atoms with Crippen molar-refractivity contribution in [1.29, 1.82) is 0 Å². The van der Waals surface area contributed by atoms with E-state index in [2.05, 4.69) is 16.0 Å². The van der Waals surface area contributed by atoms with Crippen molar-refractivity contribution < 1.29 is 19.1 Å². The largest absolute Gasteiger partial charge is 0.489 e. The van der Waals surface area contributed by atoms with E-state index < -0.39 is 6.04 Å². The van der Waals surface area contributed by atoms with Crippen LogP contribution in [0.2, 0.25) is 0 Å². The van der Waals surface area contributed by atoms with Gasteiger partial charge in [-0.3, -0.25) is 24.3 Å². The Morgan fingerprint density at radius 3 is 2.67 bits per heavy atom. The molecule has 1 aromatic heterocycles. The molecule has 2 aliphatic carbocycles. The number of ether oxygens (including phenoxy) is 1. The quantitative estimate of drug-likeness (QED) is 0.673. The van der Waals surface area contributed by atoms with E-state index in [1.54, 1.807) is 4.90 Å². The smallest absolute Gasteiger partial charge is 0.255 e. The molecule has 2 aromatic rings. The molecule has 2 saturated carbocycles. The lowest BCUT2D eigenvalue weighted by Gasteiger charge is -2.29. The normalized spacial score (nSPS) is 27.2. The van der Waals surface area contributed by atoms with Crippen LogP contribution in [0.3, 0.4) is 0 Å². The van der Waals surface area contributed by atoms with E-state index in [9.17, 15) is 14.4 Å². The zero-order chi connectivity index (χ0) is 22.5. The zero-order valence-corrected chi connectivity index (χ0v) is 18.5. The summed E-state index contributed by atoms with van der Waals surface area (Å²) in [6, 6.07) is 7.65. The third kappa shape index (κ3) is 3.64. The Kier molecular flexibility index (Phi) is 5.02. The zero-order valence-electron chi connectivity index (χ0n) is 18.5. The van der Waals surface area contributed by atoms with Gasteiger partial charge in [-0.05, 0) is 66.6 Å². The number of carbonyl (C=O) groups is 3. The van der Waals surface area contributed by atoms with Crippen LogP contribution in [0.25, 0.3) is 0 Å². The summed E-state index contributed by atoms with van der Waals surface area (Å²) in [4.78, 5) is 45.3. The van der Waals surface area contributed by atoms with Crippen molar-refractivity contribution in [2.45, 2.75) is 76.3 Å². The van der Waals surface area contributed by atoms with Gasteiger partial charge in [-0.15, -0.1) is 0 Å². The van der Waals surface area contributed by atoms with Crippen molar-refractivity contribution in [3.63, 3.8) is 0 Å². The predicted molar refractivity (Wildman–Crippen MR) is 120 cm³/mol. The number of Topliss-reactive ketones (excluding diaryl/α,β-unsaturated/α-hetero) is 2. The molecule has 3 heterocycles. The number of nitrogens with zero attached hydrogens (tertiary/aromatic N) is 3.